The molecule has 7 nitrogen and oxygen atoms in total. The minimum atomic E-state index is -0.629. The number of azide groups is 1. The van der Waals surface area contributed by atoms with Crippen molar-refractivity contribution in [3.05, 3.63) is 33.7 Å². The summed E-state index contributed by atoms with van der Waals surface area (Å²) in [6, 6.07) is 1.51. The van der Waals surface area contributed by atoms with E-state index in [0.29, 0.717) is 11.5 Å². The molecule has 0 unspecified atom stereocenters. The van der Waals surface area contributed by atoms with Crippen LogP contribution < -0.4 is 0 Å². The fraction of sp³-hybridized carbons (Fsp3) is 0.375. The number of aryl methyl sites for hydroxylation is 2. The van der Waals surface area contributed by atoms with Gasteiger partial charge >= 0.3 is 5.97 Å². The Morgan fingerprint density at radius 3 is 2.93 bits per heavy atom. The van der Waals surface area contributed by atoms with Gasteiger partial charge in [0.2, 0.25) is 0 Å². The topological polar surface area (TPSA) is 101 Å². The van der Waals surface area contributed by atoms with Crippen LogP contribution in [0.5, 0.6) is 0 Å². The molecule has 0 N–H and O–H groups in total. The summed E-state index contributed by atoms with van der Waals surface area (Å²) in [4.78, 5) is 21.7. The average Bonchev–Trinajstić information content (AvgIpc) is 2.16. The summed E-state index contributed by atoms with van der Waals surface area (Å²) >= 11 is 0. The lowest BCUT2D eigenvalue weighted by molar-refractivity contribution is 0.0508. The Labute approximate surface area is 85.7 Å². The number of nitrogens with zero attached hydrogens (tertiary/aromatic N) is 5. The highest BCUT2D eigenvalue weighted by Gasteiger charge is 2.09. The Morgan fingerprint density at radius 1 is 1.60 bits per heavy atom. The van der Waals surface area contributed by atoms with Crippen molar-refractivity contribution < 1.29 is 9.53 Å². The van der Waals surface area contributed by atoms with Gasteiger partial charge in [0.25, 0.3) is 0 Å². The number of carbonyl (C=O) groups is 1. The highest BCUT2D eigenvalue weighted by Crippen LogP contribution is 2.02. The molecule has 1 aromatic rings. The third-order valence-corrected chi connectivity index (χ3v) is 1.49. The Balaban J connectivity index is 2.77. The predicted octanol–water partition coefficient (Wildman–Crippen LogP) is 1.52. The van der Waals surface area contributed by atoms with Crippen LogP contribution in [0.1, 0.15) is 22.0 Å². The van der Waals surface area contributed by atoms with E-state index in [1.165, 1.54) is 6.07 Å². The highest BCUT2D eigenvalue weighted by molar-refractivity contribution is 5.87. The maximum Gasteiger partial charge on any atom is 0.357 e. The zero-order valence-corrected chi connectivity index (χ0v) is 8.34. The minimum Gasteiger partial charge on any atom is -0.455 e. The van der Waals surface area contributed by atoms with Crippen LogP contribution in [0.4, 0.5) is 0 Å². The molecule has 0 atom stereocenters. The van der Waals surface area contributed by atoms with Gasteiger partial charge < -0.3 is 4.74 Å². The summed E-state index contributed by atoms with van der Waals surface area (Å²) in [6.45, 7) is 3.09. The largest absolute Gasteiger partial charge is 0.455 e. The van der Waals surface area contributed by atoms with E-state index in [4.69, 9.17) is 5.53 Å². The van der Waals surface area contributed by atoms with E-state index < -0.39 is 5.97 Å². The molecule has 0 aliphatic heterocycles. The van der Waals surface area contributed by atoms with E-state index in [9.17, 15) is 4.79 Å². The molecular weight excluding hydrogens is 198 g/mol. The summed E-state index contributed by atoms with van der Waals surface area (Å²) < 4.78 is 4.63. The van der Waals surface area contributed by atoms with E-state index in [1.54, 1.807) is 13.8 Å². The Bertz CT molecular complexity index is 405. The molecule has 0 fully saturated rings. The summed E-state index contributed by atoms with van der Waals surface area (Å²) in [6.07, 6.45) is 0. The molecule has 78 valence electrons. The molecule has 0 aliphatic carbocycles. The van der Waals surface area contributed by atoms with Gasteiger partial charge in [-0.05, 0) is 25.4 Å². The van der Waals surface area contributed by atoms with Crippen LogP contribution in [-0.4, -0.2) is 22.7 Å². The number of hydrogen-bond donors (Lipinski definition) is 0. The van der Waals surface area contributed by atoms with Crippen LogP contribution in [0, 0.1) is 13.8 Å². The summed E-state index contributed by atoms with van der Waals surface area (Å²) in [5, 5.41) is 3.08. The second-order valence-electron chi connectivity index (χ2n) is 2.73. The van der Waals surface area contributed by atoms with E-state index in [1.807, 2.05) is 0 Å². The van der Waals surface area contributed by atoms with Crippen molar-refractivity contribution in [3.8, 4) is 0 Å². The fourth-order valence-corrected chi connectivity index (χ4v) is 1.01. The third-order valence-electron chi connectivity index (χ3n) is 1.49. The number of esters is 1. The van der Waals surface area contributed by atoms with Crippen molar-refractivity contribution in [1.29, 1.82) is 0 Å². The summed E-state index contributed by atoms with van der Waals surface area (Å²) in [5.74, 6) is -0.137. The van der Waals surface area contributed by atoms with Gasteiger partial charge in [-0.2, -0.15) is 0 Å². The number of carbonyl (C=O) groups excluding carboxylic acids is 1. The van der Waals surface area contributed by atoms with Crippen molar-refractivity contribution in [2.75, 3.05) is 6.73 Å². The van der Waals surface area contributed by atoms with Crippen LogP contribution in [0.2, 0.25) is 0 Å². The van der Waals surface area contributed by atoms with Crippen LogP contribution in [0.15, 0.2) is 11.2 Å². The van der Waals surface area contributed by atoms with Gasteiger partial charge in [0.1, 0.15) is 5.82 Å². The number of hydrogen-bond acceptors (Lipinski definition) is 5. The zero-order valence-electron chi connectivity index (χ0n) is 8.34. The monoisotopic (exact) mass is 207 g/mol. The normalized spacial score (nSPS) is 9.20. The molecule has 15 heavy (non-hydrogen) atoms. The summed E-state index contributed by atoms with van der Waals surface area (Å²) in [5.41, 5.74) is 8.82. The number of rotatable bonds is 3. The Morgan fingerprint density at radius 2 is 2.33 bits per heavy atom. The van der Waals surface area contributed by atoms with Gasteiger partial charge in [0, 0.05) is 10.6 Å². The summed E-state index contributed by atoms with van der Waals surface area (Å²) in [7, 11) is 0. The third kappa shape index (κ3) is 3.24. The molecule has 0 saturated carbocycles. The fourth-order valence-electron chi connectivity index (χ4n) is 1.01. The van der Waals surface area contributed by atoms with Crippen LogP contribution >= 0.6 is 0 Å². The van der Waals surface area contributed by atoms with Crippen molar-refractivity contribution in [3.63, 3.8) is 0 Å². The van der Waals surface area contributed by atoms with E-state index in [0.717, 1.165) is 0 Å². The van der Waals surface area contributed by atoms with Gasteiger partial charge in [-0.25, -0.2) is 14.8 Å². The van der Waals surface area contributed by atoms with Crippen LogP contribution in [-0.2, 0) is 4.74 Å². The maximum atomic E-state index is 11.3. The van der Waals surface area contributed by atoms with Crippen molar-refractivity contribution in [2.24, 2.45) is 5.11 Å². The maximum absolute atomic E-state index is 11.3. The first-order valence-electron chi connectivity index (χ1n) is 4.13. The van der Waals surface area contributed by atoms with Crippen LogP contribution in [0.25, 0.3) is 10.4 Å². The molecular formula is C8H9N5O2. The van der Waals surface area contributed by atoms with Crippen LogP contribution in [0.3, 0.4) is 0 Å². The van der Waals surface area contributed by atoms with Gasteiger partial charge in [-0.3, -0.25) is 0 Å². The highest BCUT2D eigenvalue weighted by atomic mass is 16.5. The Hall–Kier alpha value is -2.14. The van der Waals surface area contributed by atoms with E-state index >= 15 is 0 Å². The molecule has 1 rings (SSSR count). The van der Waals surface area contributed by atoms with E-state index in [-0.39, 0.29) is 12.4 Å². The lowest BCUT2D eigenvalue weighted by Gasteiger charge is -2.02. The molecule has 0 bridgehead atoms. The number of ether oxygens (including phenoxy) is 1. The molecule has 1 heterocycles. The smallest absolute Gasteiger partial charge is 0.357 e. The van der Waals surface area contributed by atoms with Gasteiger partial charge in [-0.15, -0.1) is 0 Å². The first-order valence-corrected chi connectivity index (χ1v) is 4.13. The average molecular weight is 207 g/mol. The molecule has 7 heteroatoms. The molecule has 0 amide bonds. The van der Waals surface area contributed by atoms with Gasteiger partial charge in [-0.1, -0.05) is 5.11 Å². The van der Waals surface area contributed by atoms with Crippen molar-refractivity contribution in [2.45, 2.75) is 13.8 Å². The van der Waals surface area contributed by atoms with Crippen molar-refractivity contribution >= 4 is 5.97 Å². The van der Waals surface area contributed by atoms with Gasteiger partial charge in [0.15, 0.2) is 12.4 Å². The first kappa shape index (κ1) is 10.9. The molecule has 0 aliphatic rings. The first-order chi connectivity index (χ1) is 7.13. The lowest BCUT2D eigenvalue weighted by atomic mass is 10.3. The SMILES string of the molecule is Cc1cc(C(=O)OCN=[N+]=[N-])nc(C)n1. The quantitative estimate of drug-likeness (QED) is 0.324. The second-order valence-corrected chi connectivity index (χ2v) is 2.73. The minimum absolute atomic E-state index is 0.160. The van der Waals surface area contributed by atoms with Crippen molar-refractivity contribution in [1.82, 2.24) is 9.97 Å². The lowest BCUT2D eigenvalue weighted by Crippen LogP contribution is -2.09. The molecule has 0 radical (unpaired) electrons. The Kier molecular flexibility index (Phi) is 3.59. The second kappa shape index (κ2) is 4.92. The standard InChI is InChI=1S/C8H9N5O2/c1-5-3-7(12-6(2)11-5)8(14)15-4-10-13-9/h3H,4H2,1-2H3. The van der Waals surface area contributed by atoms with E-state index in [2.05, 4.69) is 24.7 Å². The molecule has 0 saturated heterocycles. The predicted molar refractivity (Wildman–Crippen MR) is 50.9 cm³/mol. The molecule has 1 aromatic heterocycles. The number of aromatic nitrogens is 2. The zero-order chi connectivity index (χ0) is 11.3. The molecule has 0 aromatic carbocycles. The molecule has 0 spiro atoms. The van der Waals surface area contributed by atoms with Gasteiger partial charge in [0.05, 0.1) is 0 Å².